The molecule has 0 heterocycles. The summed E-state index contributed by atoms with van der Waals surface area (Å²) in [5, 5.41) is 9.66. The first-order chi connectivity index (χ1) is 7.41. The Hall–Kier alpha value is -0.970. The van der Waals surface area contributed by atoms with Crippen LogP contribution in [-0.4, -0.2) is 36.3 Å². The van der Waals surface area contributed by atoms with E-state index in [0.29, 0.717) is 5.02 Å². The lowest BCUT2D eigenvalue weighted by Crippen LogP contribution is -2.40. The van der Waals surface area contributed by atoms with Crippen LogP contribution in [0, 0.1) is 0 Å². The Bertz CT molecular complexity index is 396. The molecule has 0 bridgehead atoms. The van der Waals surface area contributed by atoms with Crippen LogP contribution in [0.5, 0.6) is 5.75 Å². The van der Waals surface area contributed by atoms with Crippen molar-refractivity contribution in [3.63, 3.8) is 0 Å². The van der Waals surface area contributed by atoms with Gasteiger partial charge in [0, 0.05) is 5.02 Å². The Labute approximate surface area is 103 Å². The number of likely N-dealkylation sites (N-methyl/N-ethyl adjacent to an activating group) is 1. The summed E-state index contributed by atoms with van der Waals surface area (Å²) in [4.78, 5) is 12.3. The van der Waals surface area contributed by atoms with Crippen LogP contribution in [0.1, 0.15) is 0 Å². The molecule has 1 rings (SSSR count). The van der Waals surface area contributed by atoms with E-state index in [1.54, 1.807) is 20.2 Å². The molecule has 0 aliphatic rings. The fourth-order valence-corrected chi connectivity index (χ4v) is 1.52. The van der Waals surface area contributed by atoms with Crippen molar-refractivity contribution in [3.8, 4) is 5.75 Å². The zero-order valence-corrected chi connectivity index (χ0v) is 10.3. The lowest BCUT2D eigenvalue weighted by molar-refractivity contribution is -0.152. The minimum atomic E-state index is -1.09. The number of hydrogen-bond acceptors (Lipinski definition) is 3. The fraction of sp³-hybridized carbons (Fsp3) is 0.300. The molecule has 0 spiro atoms. The standard InChI is InChI=1S/C10H11Cl2NO3/c1-13(2)9(10(14)15)16-8-4-3-6(11)5-7(8)12/h3-5,9H,1-2H3,(H,14,15). The molecule has 88 valence electrons. The Balaban J connectivity index is 2.90. The van der Waals surface area contributed by atoms with Gasteiger partial charge < -0.3 is 9.84 Å². The summed E-state index contributed by atoms with van der Waals surface area (Å²) in [5.41, 5.74) is 0. The van der Waals surface area contributed by atoms with Crippen LogP contribution in [-0.2, 0) is 4.79 Å². The maximum atomic E-state index is 10.9. The molecular formula is C10H11Cl2NO3. The molecule has 0 saturated carbocycles. The van der Waals surface area contributed by atoms with E-state index in [0.717, 1.165) is 0 Å². The molecule has 0 fully saturated rings. The molecule has 1 aromatic rings. The first-order valence-corrected chi connectivity index (χ1v) is 5.18. The van der Waals surface area contributed by atoms with Crippen molar-refractivity contribution in [2.75, 3.05) is 14.1 Å². The first-order valence-electron chi connectivity index (χ1n) is 4.42. The quantitative estimate of drug-likeness (QED) is 0.848. The van der Waals surface area contributed by atoms with Crippen LogP contribution in [0.2, 0.25) is 10.0 Å². The number of carboxylic acids is 1. The van der Waals surface area contributed by atoms with Crippen molar-refractivity contribution in [1.29, 1.82) is 0 Å². The maximum Gasteiger partial charge on any atom is 0.360 e. The van der Waals surface area contributed by atoms with E-state index in [2.05, 4.69) is 0 Å². The molecule has 16 heavy (non-hydrogen) atoms. The van der Waals surface area contributed by atoms with E-state index in [-0.39, 0.29) is 10.8 Å². The topological polar surface area (TPSA) is 49.8 Å². The molecule has 0 aliphatic heterocycles. The van der Waals surface area contributed by atoms with Gasteiger partial charge in [-0.3, -0.25) is 4.90 Å². The number of carboxylic acid groups (broad SMARTS) is 1. The van der Waals surface area contributed by atoms with Gasteiger partial charge in [0.15, 0.2) is 0 Å². The first kappa shape index (κ1) is 13.1. The van der Waals surface area contributed by atoms with Gasteiger partial charge in [0.1, 0.15) is 5.75 Å². The third-order valence-electron chi connectivity index (χ3n) is 1.81. The number of nitrogens with zero attached hydrogens (tertiary/aromatic N) is 1. The molecule has 0 radical (unpaired) electrons. The molecule has 0 aliphatic carbocycles. The Morgan fingerprint density at radius 1 is 1.44 bits per heavy atom. The number of carbonyl (C=O) groups is 1. The molecule has 4 nitrogen and oxygen atoms in total. The van der Waals surface area contributed by atoms with E-state index in [1.807, 2.05) is 0 Å². The second-order valence-corrected chi connectivity index (χ2v) is 4.19. The molecule has 1 N–H and O–H groups in total. The van der Waals surface area contributed by atoms with Crippen molar-refractivity contribution in [1.82, 2.24) is 4.90 Å². The van der Waals surface area contributed by atoms with Crippen LogP contribution in [0.4, 0.5) is 0 Å². The summed E-state index contributed by atoms with van der Waals surface area (Å²) in [6, 6.07) is 4.61. The van der Waals surface area contributed by atoms with Gasteiger partial charge in [0.25, 0.3) is 6.23 Å². The van der Waals surface area contributed by atoms with Gasteiger partial charge in [0.05, 0.1) is 5.02 Å². The van der Waals surface area contributed by atoms with Gasteiger partial charge in [-0.1, -0.05) is 23.2 Å². The molecule has 0 aromatic heterocycles. The smallest absolute Gasteiger partial charge is 0.360 e. The molecule has 6 heteroatoms. The number of aliphatic carboxylic acids is 1. The zero-order chi connectivity index (χ0) is 12.3. The Morgan fingerprint density at radius 3 is 2.50 bits per heavy atom. The summed E-state index contributed by atoms with van der Waals surface area (Å²) >= 11 is 11.6. The van der Waals surface area contributed by atoms with Crippen molar-refractivity contribution in [3.05, 3.63) is 28.2 Å². The highest BCUT2D eigenvalue weighted by Crippen LogP contribution is 2.28. The van der Waals surface area contributed by atoms with Crippen molar-refractivity contribution >= 4 is 29.2 Å². The highest BCUT2D eigenvalue weighted by Gasteiger charge is 2.22. The van der Waals surface area contributed by atoms with Crippen LogP contribution in [0.25, 0.3) is 0 Å². The number of halogens is 2. The minimum absolute atomic E-state index is 0.278. The van der Waals surface area contributed by atoms with Crippen molar-refractivity contribution in [2.24, 2.45) is 0 Å². The molecule has 1 unspecified atom stereocenters. The van der Waals surface area contributed by atoms with E-state index >= 15 is 0 Å². The second-order valence-electron chi connectivity index (χ2n) is 3.35. The third-order valence-corrected chi connectivity index (χ3v) is 2.34. The molecular weight excluding hydrogens is 253 g/mol. The summed E-state index contributed by atoms with van der Waals surface area (Å²) in [6.45, 7) is 0. The molecule has 0 amide bonds. The highest BCUT2D eigenvalue weighted by molar-refractivity contribution is 6.35. The van der Waals surface area contributed by atoms with Crippen LogP contribution < -0.4 is 4.74 Å². The van der Waals surface area contributed by atoms with Gasteiger partial charge in [-0.15, -0.1) is 0 Å². The summed E-state index contributed by atoms with van der Waals surface area (Å²) in [5.74, 6) is -0.803. The Kier molecular flexibility index (Phi) is 4.41. The van der Waals surface area contributed by atoms with Gasteiger partial charge in [-0.2, -0.15) is 0 Å². The van der Waals surface area contributed by atoms with Crippen LogP contribution in [0.15, 0.2) is 18.2 Å². The number of ether oxygens (including phenoxy) is 1. The summed E-state index contributed by atoms with van der Waals surface area (Å²) in [6.07, 6.45) is -1.08. The van der Waals surface area contributed by atoms with Gasteiger partial charge in [-0.05, 0) is 32.3 Å². The maximum absolute atomic E-state index is 10.9. The van der Waals surface area contributed by atoms with E-state index in [1.165, 1.54) is 17.0 Å². The number of rotatable bonds is 4. The van der Waals surface area contributed by atoms with Crippen molar-refractivity contribution in [2.45, 2.75) is 6.23 Å². The van der Waals surface area contributed by atoms with Gasteiger partial charge in [-0.25, -0.2) is 4.79 Å². The molecule has 1 aromatic carbocycles. The second kappa shape index (κ2) is 5.39. The predicted octanol–water partition coefficient (Wildman–Crippen LogP) is 2.34. The molecule has 0 saturated heterocycles. The van der Waals surface area contributed by atoms with E-state index in [4.69, 9.17) is 33.0 Å². The summed E-state index contributed by atoms with van der Waals surface area (Å²) < 4.78 is 5.26. The fourth-order valence-electron chi connectivity index (χ4n) is 1.07. The van der Waals surface area contributed by atoms with Gasteiger partial charge >= 0.3 is 5.97 Å². The zero-order valence-electron chi connectivity index (χ0n) is 8.78. The predicted molar refractivity (Wildman–Crippen MR) is 62.2 cm³/mol. The third kappa shape index (κ3) is 3.27. The van der Waals surface area contributed by atoms with Gasteiger partial charge in [0.2, 0.25) is 0 Å². The average molecular weight is 264 g/mol. The average Bonchev–Trinajstić information content (AvgIpc) is 2.15. The molecule has 1 atom stereocenters. The monoisotopic (exact) mass is 263 g/mol. The highest BCUT2D eigenvalue weighted by atomic mass is 35.5. The van der Waals surface area contributed by atoms with E-state index in [9.17, 15) is 4.79 Å². The van der Waals surface area contributed by atoms with E-state index < -0.39 is 12.2 Å². The Morgan fingerprint density at radius 2 is 2.06 bits per heavy atom. The van der Waals surface area contributed by atoms with Crippen LogP contribution in [0.3, 0.4) is 0 Å². The largest absolute Gasteiger partial charge is 0.477 e. The SMILES string of the molecule is CN(C)C(Oc1ccc(Cl)cc1Cl)C(=O)O. The lowest BCUT2D eigenvalue weighted by atomic mass is 10.3. The summed E-state index contributed by atoms with van der Waals surface area (Å²) in [7, 11) is 3.20. The normalized spacial score (nSPS) is 12.6. The minimum Gasteiger partial charge on any atom is -0.477 e. The van der Waals surface area contributed by atoms with Crippen molar-refractivity contribution < 1.29 is 14.6 Å². The number of benzene rings is 1. The lowest BCUT2D eigenvalue weighted by Gasteiger charge is -2.21. The number of hydrogen-bond donors (Lipinski definition) is 1. The van der Waals surface area contributed by atoms with Crippen LogP contribution >= 0.6 is 23.2 Å².